The number of thiol groups is 1. The Morgan fingerprint density at radius 1 is 1.30 bits per heavy atom. The second-order valence-electron chi connectivity index (χ2n) is 2.39. The first-order chi connectivity index (χ1) is 4.93. The average Bonchev–Trinajstić information content (AvgIpc) is 2.03. The van der Waals surface area contributed by atoms with E-state index in [0.717, 1.165) is 10.3 Å². The Kier molecular flexibility index (Phi) is 5.18. The maximum Gasteiger partial charge on any atom is 0.0502 e. The van der Waals surface area contributed by atoms with E-state index >= 15 is 0 Å². The minimum atomic E-state index is 0.890. The van der Waals surface area contributed by atoms with Gasteiger partial charge in [-0.1, -0.05) is 0 Å². The van der Waals surface area contributed by atoms with Crippen LogP contribution < -0.4 is 0 Å². The third kappa shape index (κ3) is 3.44. The minimum Gasteiger partial charge on any atom is -0.179 e. The van der Waals surface area contributed by atoms with Crippen LogP contribution in [0.15, 0.2) is 0 Å². The van der Waals surface area contributed by atoms with Crippen LogP contribution >= 0.6 is 36.2 Å². The molecule has 0 bridgehead atoms. The molecule has 1 aliphatic rings. The number of rotatable bonds is 3. The highest BCUT2D eigenvalue weighted by Gasteiger charge is 2.12. The predicted molar refractivity (Wildman–Crippen MR) is 56.4 cm³/mol. The highest BCUT2D eigenvalue weighted by atomic mass is 32.2. The molecule has 0 aromatic rings. The normalized spacial score (nSPS) is 21.3. The van der Waals surface area contributed by atoms with E-state index in [2.05, 4.69) is 36.2 Å². The molecule has 0 radical (unpaired) electrons. The molecule has 0 amide bonds. The van der Waals surface area contributed by atoms with E-state index in [9.17, 15) is 0 Å². The molecule has 1 heterocycles. The molecule has 1 fully saturated rings. The maximum absolute atomic E-state index is 4.20. The second-order valence-corrected chi connectivity index (χ2v) is 5.76. The summed E-state index contributed by atoms with van der Waals surface area (Å²) in [6.45, 7) is 0. The Labute approximate surface area is 77.3 Å². The zero-order chi connectivity index (χ0) is 7.23. The van der Waals surface area contributed by atoms with Crippen LogP contribution in [-0.2, 0) is 0 Å². The van der Waals surface area contributed by atoms with Gasteiger partial charge in [-0.05, 0) is 36.5 Å². The summed E-state index contributed by atoms with van der Waals surface area (Å²) in [4.78, 5) is 0. The fourth-order valence-electron chi connectivity index (χ4n) is 0.961. The van der Waals surface area contributed by atoms with E-state index in [4.69, 9.17) is 0 Å². The van der Waals surface area contributed by atoms with Gasteiger partial charge >= 0.3 is 0 Å². The molecular formula is C7H14S3. The second kappa shape index (κ2) is 5.67. The van der Waals surface area contributed by atoms with Gasteiger partial charge < -0.3 is 0 Å². The summed E-state index contributed by atoms with van der Waals surface area (Å²) >= 11 is 8.47. The fourth-order valence-corrected chi connectivity index (χ4v) is 4.10. The number of hydrogen-bond donors (Lipinski definition) is 1. The van der Waals surface area contributed by atoms with Gasteiger partial charge in [0.1, 0.15) is 0 Å². The standard InChI is InChI=1S/C7H14S3/c8-4-1-3-7-9-5-2-6-10-7/h7-8H,1-6H2. The number of thioether (sulfide) groups is 2. The third-order valence-corrected chi connectivity index (χ3v) is 4.89. The van der Waals surface area contributed by atoms with Crippen molar-refractivity contribution in [2.75, 3.05) is 17.3 Å². The van der Waals surface area contributed by atoms with Gasteiger partial charge in [-0.2, -0.15) is 12.6 Å². The Balaban J connectivity index is 2.02. The molecule has 0 aliphatic carbocycles. The Bertz CT molecular complexity index is 78.9. The summed E-state index contributed by atoms with van der Waals surface area (Å²) in [5, 5.41) is 0. The van der Waals surface area contributed by atoms with Crippen LogP contribution in [-0.4, -0.2) is 21.8 Å². The molecular weight excluding hydrogens is 180 g/mol. The zero-order valence-corrected chi connectivity index (χ0v) is 8.61. The largest absolute Gasteiger partial charge is 0.179 e. The lowest BCUT2D eigenvalue weighted by Gasteiger charge is -2.19. The summed E-state index contributed by atoms with van der Waals surface area (Å²) < 4.78 is 0.890. The van der Waals surface area contributed by atoms with Crippen molar-refractivity contribution < 1.29 is 0 Å². The summed E-state index contributed by atoms with van der Waals surface area (Å²) in [6, 6.07) is 0. The first kappa shape index (κ1) is 9.14. The van der Waals surface area contributed by atoms with Crippen LogP contribution in [0.25, 0.3) is 0 Å². The highest BCUT2D eigenvalue weighted by molar-refractivity contribution is 8.17. The van der Waals surface area contributed by atoms with Crippen molar-refractivity contribution in [1.82, 2.24) is 0 Å². The van der Waals surface area contributed by atoms with Gasteiger partial charge in [0.25, 0.3) is 0 Å². The molecule has 0 saturated carbocycles. The quantitative estimate of drug-likeness (QED) is 0.686. The zero-order valence-electron chi connectivity index (χ0n) is 6.08. The Morgan fingerprint density at radius 2 is 2.00 bits per heavy atom. The van der Waals surface area contributed by atoms with E-state index in [1.807, 2.05) is 0 Å². The van der Waals surface area contributed by atoms with Crippen LogP contribution in [0.2, 0.25) is 0 Å². The van der Waals surface area contributed by atoms with Crippen LogP contribution in [0.3, 0.4) is 0 Å². The van der Waals surface area contributed by atoms with Gasteiger partial charge in [0.05, 0.1) is 4.58 Å². The van der Waals surface area contributed by atoms with Crippen molar-refractivity contribution in [3.63, 3.8) is 0 Å². The number of hydrogen-bond acceptors (Lipinski definition) is 3. The Hall–Kier alpha value is 1.05. The molecule has 0 spiro atoms. The molecule has 1 aliphatic heterocycles. The third-order valence-electron chi connectivity index (χ3n) is 1.49. The first-order valence-corrected chi connectivity index (χ1v) is 6.50. The van der Waals surface area contributed by atoms with Crippen LogP contribution in [0.4, 0.5) is 0 Å². The molecule has 0 aromatic heterocycles. The molecule has 10 heavy (non-hydrogen) atoms. The van der Waals surface area contributed by atoms with Gasteiger partial charge in [0, 0.05) is 0 Å². The Morgan fingerprint density at radius 3 is 2.60 bits per heavy atom. The van der Waals surface area contributed by atoms with Crippen molar-refractivity contribution in [3.8, 4) is 0 Å². The van der Waals surface area contributed by atoms with E-state index < -0.39 is 0 Å². The van der Waals surface area contributed by atoms with E-state index in [-0.39, 0.29) is 0 Å². The summed E-state index contributed by atoms with van der Waals surface area (Å²) in [5.41, 5.74) is 0. The molecule has 0 unspecified atom stereocenters. The van der Waals surface area contributed by atoms with Crippen molar-refractivity contribution in [1.29, 1.82) is 0 Å². The van der Waals surface area contributed by atoms with E-state index in [1.165, 1.54) is 30.8 Å². The van der Waals surface area contributed by atoms with Crippen molar-refractivity contribution in [3.05, 3.63) is 0 Å². The van der Waals surface area contributed by atoms with Crippen LogP contribution in [0.5, 0.6) is 0 Å². The van der Waals surface area contributed by atoms with Crippen LogP contribution in [0.1, 0.15) is 19.3 Å². The summed E-state index contributed by atoms with van der Waals surface area (Å²) in [5.74, 6) is 3.81. The van der Waals surface area contributed by atoms with E-state index in [0.29, 0.717) is 0 Å². The monoisotopic (exact) mass is 194 g/mol. The lowest BCUT2D eigenvalue weighted by Crippen LogP contribution is -2.06. The molecule has 0 atom stereocenters. The van der Waals surface area contributed by atoms with Crippen molar-refractivity contribution in [2.24, 2.45) is 0 Å². The van der Waals surface area contributed by atoms with Gasteiger partial charge in [0.2, 0.25) is 0 Å². The van der Waals surface area contributed by atoms with E-state index in [1.54, 1.807) is 0 Å². The molecule has 0 nitrogen and oxygen atoms in total. The smallest absolute Gasteiger partial charge is 0.0502 e. The fraction of sp³-hybridized carbons (Fsp3) is 1.00. The highest BCUT2D eigenvalue weighted by Crippen LogP contribution is 2.33. The van der Waals surface area contributed by atoms with Gasteiger partial charge in [-0.25, -0.2) is 0 Å². The first-order valence-electron chi connectivity index (χ1n) is 3.77. The molecule has 1 rings (SSSR count). The SMILES string of the molecule is SCCCC1SCCCS1. The minimum absolute atomic E-state index is 0.890. The van der Waals surface area contributed by atoms with Crippen molar-refractivity contribution in [2.45, 2.75) is 23.8 Å². The summed E-state index contributed by atoms with van der Waals surface area (Å²) in [6.07, 6.45) is 4.05. The molecule has 0 aromatic carbocycles. The molecule has 3 heteroatoms. The van der Waals surface area contributed by atoms with Crippen LogP contribution in [0, 0.1) is 0 Å². The molecule has 60 valence electrons. The van der Waals surface area contributed by atoms with Gasteiger partial charge in [0.15, 0.2) is 0 Å². The topological polar surface area (TPSA) is 0 Å². The van der Waals surface area contributed by atoms with Gasteiger partial charge in [-0.3, -0.25) is 0 Å². The predicted octanol–water partition coefficient (Wildman–Crippen LogP) is 2.89. The maximum atomic E-state index is 4.20. The summed E-state index contributed by atoms with van der Waals surface area (Å²) in [7, 11) is 0. The molecule has 0 N–H and O–H groups in total. The van der Waals surface area contributed by atoms with Gasteiger partial charge in [-0.15, -0.1) is 23.5 Å². The lowest BCUT2D eigenvalue weighted by atomic mass is 10.4. The average molecular weight is 194 g/mol. The van der Waals surface area contributed by atoms with Crippen molar-refractivity contribution >= 4 is 36.2 Å². The lowest BCUT2D eigenvalue weighted by molar-refractivity contribution is 0.874. The molecule has 1 saturated heterocycles.